The van der Waals surface area contributed by atoms with E-state index in [0.29, 0.717) is 0 Å². The number of urea groups is 1. The molecule has 112 valence electrons. The number of rotatable bonds is 3. The Bertz CT molecular complexity index is 345. The average molecular weight is 272 g/mol. The lowest BCUT2D eigenvalue weighted by atomic mass is 9.94. The van der Waals surface area contributed by atoms with Crippen LogP contribution in [0.25, 0.3) is 0 Å². The van der Waals surface area contributed by atoms with Crippen LogP contribution in [0.2, 0.25) is 0 Å². The summed E-state index contributed by atoms with van der Waals surface area (Å²) >= 11 is 0. The molecule has 1 rings (SSSR count). The summed E-state index contributed by atoms with van der Waals surface area (Å²) in [5.74, 6) is 0. The fourth-order valence-corrected chi connectivity index (χ4v) is 2.70. The Hall–Kier alpha value is -0.810. The van der Waals surface area contributed by atoms with Crippen LogP contribution in [0.5, 0.6) is 0 Å². The van der Waals surface area contributed by atoms with Crippen molar-refractivity contribution in [1.29, 1.82) is 0 Å². The van der Waals surface area contributed by atoms with Crippen molar-refractivity contribution in [1.82, 2.24) is 10.2 Å². The summed E-state index contributed by atoms with van der Waals surface area (Å²) in [5, 5.41) is 12.7. The molecule has 0 aromatic carbocycles. The lowest BCUT2D eigenvalue weighted by Crippen LogP contribution is -2.52. The Labute approximate surface area is 116 Å². The third-order valence-corrected chi connectivity index (χ3v) is 3.34. The van der Waals surface area contributed by atoms with Crippen LogP contribution in [-0.2, 0) is 4.74 Å². The van der Waals surface area contributed by atoms with Gasteiger partial charge in [-0.25, -0.2) is 4.79 Å². The third kappa shape index (κ3) is 4.66. The Morgan fingerprint density at radius 1 is 1.42 bits per heavy atom. The summed E-state index contributed by atoms with van der Waals surface area (Å²) in [4.78, 5) is 13.6. The molecule has 1 heterocycles. The van der Waals surface area contributed by atoms with Crippen molar-refractivity contribution in [2.24, 2.45) is 0 Å². The molecular formula is C14H28N2O3. The maximum atomic E-state index is 12.1. The summed E-state index contributed by atoms with van der Waals surface area (Å²) < 4.78 is 5.95. The molecule has 5 nitrogen and oxygen atoms in total. The number of nitrogens with one attached hydrogen (secondary N) is 1. The minimum Gasteiger partial charge on any atom is -0.389 e. The van der Waals surface area contributed by atoms with Crippen LogP contribution in [0.1, 0.15) is 48.0 Å². The van der Waals surface area contributed by atoms with Gasteiger partial charge in [0.15, 0.2) is 0 Å². The number of hydrogen-bond acceptors (Lipinski definition) is 3. The molecule has 0 spiro atoms. The number of amides is 2. The van der Waals surface area contributed by atoms with Crippen LogP contribution < -0.4 is 5.32 Å². The van der Waals surface area contributed by atoms with E-state index in [1.54, 1.807) is 20.9 Å². The lowest BCUT2D eigenvalue weighted by molar-refractivity contribution is -0.0693. The number of ether oxygens (including phenoxy) is 1. The summed E-state index contributed by atoms with van der Waals surface area (Å²) in [6.07, 6.45) is 0.780. The SMILES string of the molecule is CN(CC(C)(C)O)C(=O)NC1CC(C)(C)OC1(C)C. The summed E-state index contributed by atoms with van der Waals surface area (Å²) in [7, 11) is 1.68. The first-order valence-corrected chi connectivity index (χ1v) is 6.77. The van der Waals surface area contributed by atoms with E-state index in [2.05, 4.69) is 5.32 Å². The van der Waals surface area contributed by atoms with Crippen molar-refractivity contribution in [3.63, 3.8) is 0 Å². The zero-order valence-electron chi connectivity index (χ0n) is 13.2. The molecule has 0 radical (unpaired) electrons. The topological polar surface area (TPSA) is 61.8 Å². The molecule has 0 aliphatic carbocycles. The number of nitrogens with zero attached hydrogens (tertiary/aromatic N) is 1. The van der Waals surface area contributed by atoms with Gasteiger partial charge >= 0.3 is 6.03 Å². The highest BCUT2D eigenvalue weighted by Gasteiger charge is 2.46. The highest BCUT2D eigenvalue weighted by molar-refractivity contribution is 5.74. The van der Waals surface area contributed by atoms with Crippen LogP contribution in [0.3, 0.4) is 0 Å². The van der Waals surface area contributed by atoms with Gasteiger partial charge in [-0.1, -0.05) is 0 Å². The van der Waals surface area contributed by atoms with Gasteiger partial charge in [0, 0.05) is 7.05 Å². The minimum atomic E-state index is -0.896. The first-order chi connectivity index (χ1) is 8.32. The van der Waals surface area contributed by atoms with Crippen LogP contribution in [0.15, 0.2) is 0 Å². The van der Waals surface area contributed by atoms with Crippen molar-refractivity contribution >= 4 is 6.03 Å². The molecular weight excluding hydrogens is 244 g/mol. The summed E-state index contributed by atoms with van der Waals surface area (Å²) in [5.41, 5.74) is -1.50. The summed E-state index contributed by atoms with van der Waals surface area (Å²) in [6.45, 7) is 11.7. The number of likely N-dealkylation sites (N-methyl/N-ethyl adjacent to an activating group) is 1. The predicted octanol–water partition coefficient (Wildman–Crippen LogP) is 1.74. The largest absolute Gasteiger partial charge is 0.389 e. The molecule has 1 aliphatic heterocycles. The third-order valence-electron chi connectivity index (χ3n) is 3.34. The molecule has 5 heteroatoms. The van der Waals surface area contributed by atoms with E-state index < -0.39 is 5.60 Å². The van der Waals surface area contributed by atoms with Crippen molar-refractivity contribution < 1.29 is 14.6 Å². The highest BCUT2D eigenvalue weighted by atomic mass is 16.5. The number of carbonyl (C=O) groups is 1. The minimum absolute atomic E-state index is 0.0285. The fraction of sp³-hybridized carbons (Fsp3) is 0.929. The Morgan fingerprint density at radius 2 is 1.95 bits per heavy atom. The van der Waals surface area contributed by atoms with Gasteiger partial charge in [0.05, 0.1) is 29.4 Å². The number of hydrogen-bond donors (Lipinski definition) is 2. The van der Waals surface area contributed by atoms with Gasteiger partial charge in [-0.15, -0.1) is 0 Å². The first kappa shape index (κ1) is 16.2. The van der Waals surface area contributed by atoms with Crippen LogP contribution in [-0.4, -0.2) is 52.5 Å². The van der Waals surface area contributed by atoms with Gasteiger partial charge in [-0.2, -0.15) is 0 Å². The second-order valence-electron chi connectivity index (χ2n) is 7.34. The quantitative estimate of drug-likeness (QED) is 0.822. The highest BCUT2D eigenvalue weighted by Crippen LogP contribution is 2.37. The van der Waals surface area contributed by atoms with Crippen molar-refractivity contribution in [3.8, 4) is 0 Å². The van der Waals surface area contributed by atoms with E-state index in [0.717, 1.165) is 6.42 Å². The van der Waals surface area contributed by atoms with Crippen molar-refractivity contribution in [2.45, 2.75) is 70.8 Å². The van der Waals surface area contributed by atoms with Crippen LogP contribution >= 0.6 is 0 Å². The van der Waals surface area contributed by atoms with Crippen molar-refractivity contribution in [3.05, 3.63) is 0 Å². The van der Waals surface area contributed by atoms with E-state index in [1.165, 1.54) is 4.90 Å². The molecule has 0 aromatic heterocycles. The molecule has 1 unspecified atom stereocenters. The Balaban J connectivity index is 2.62. The Kier molecular flexibility index (Phi) is 4.23. The monoisotopic (exact) mass is 272 g/mol. The molecule has 0 bridgehead atoms. The van der Waals surface area contributed by atoms with Gasteiger partial charge in [-0.3, -0.25) is 0 Å². The van der Waals surface area contributed by atoms with E-state index in [9.17, 15) is 9.90 Å². The maximum absolute atomic E-state index is 12.1. The maximum Gasteiger partial charge on any atom is 0.317 e. The van der Waals surface area contributed by atoms with Crippen molar-refractivity contribution in [2.75, 3.05) is 13.6 Å². The molecule has 1 atom stereocenters. The van der Waals surface area contributed by atoms with E-state index in [1.807, 2.05) is 27.7 Å². The zero-order chi connectivity index (χ0) is 15.1. The molecule has 1 aliphatic rings. The number of aliphatic hydroxyl groups is 1. The molecule has 2 amide bonds. The number of carbonyl (C=O) groups excluding carboxylic acids is 1. The lowest BCUT2D eigenvalue weighted by Gasteiger charge is -2.31. The van der Waals surface area contributed by atoms with Crippen LogP contribution in [0.4, 0.5) is 4.79 Å². The summed E-state index contributed by atoms with van der Waals surface area (Å²) in [6, 6.07) is -0.208. The predicted molar refractivity (Wildman–Crippen MR) is 75.1 cm³/mol. The molecule has 1 fully saturated rings. The normalized spacial score (nSPS) is 25.2. The van der Waals surface area contributed by atoms with Gasteiger partial charge < -0.3 is 20.1 Å². The molecule has 1 saturated heterocycles. The van der Waals surface area contributed by atoms with Gasteiger partial charge in [-0.05, 0) is 48.0 Å². The zero-order valence-corrected chi connectivity index (χ0v) is 13.2. The van der Waals surface area contributed by atoms with E-state index in [-0.39, 0.29) is 29.8 Å². The Morgan fingerprint density at radius 3 is 2.32 bits per heavy atom. The van der Waals surface area contributed by atoms with E-state index in [4.69, 9.17) is 4.74 Å². The molecule has 19 heavy (non-hydrogen) atoms. The molecule has 0 aromatic rings. The van der Waals surface area contributed by atoms with Gasteiger partial charge in [0.1, 0.15) is 0 Å². The smallest absolute Gasteiger partial charge is 0.317 e. The fourth-order valence-electron chi connectivity index (χ4n) is 2.70. The van der Waals surface area contributed by atoms with Crippen LogP contribution in [0, 0.1) is 0 Å². The van der Waals surface area contributed by atoms with Gasteiger partial charge in [0.2, 0.25) is 0 Å². The standard InChI is InChI=1S/C14H28N2O3/c1-12(2,18)9-16(7)11(17)15-10-8-13(3,4)19-14(10,5)6/h10,18H,8-9H2,1-7H3,(H,15,17). The molecule has 2 N–H and O–H groups in total. The first-order valence-electron chi connectivity index (χ1n) is 6.77. The average Bonchev–Trinajstić information content (AvgIpc) is 2.30. The molecule has 0 saturated carbocycles. The van der Waals surface area contributed by atoms with Gasteiger partial charge in [0.25, 0.3) is 0 Å². The second kappa shape index (κ2) is 4.94. The van der Waals surface area contributed by atoms with E-state index >= 15 is 0 Å². The second-order valence-corrected chi connectivity index (χ2v) is 7.34.